The third-order valence-electron chi connectivity index (χ3n) is 3.17. The number of nitrogens with one attached hydrogen (secondary N) is 1. The third-order valence-corrected chi connectivity index (χ3v) is 3.17. The van der Waals surface area contributed by atoms with E-state index in [1.807, 2.05) is 0 Å². The molecule has 1 unspecified atom stereocenters. The molecule has 6 heteroatoms. The quantitative estimate of drug-likeness (QED) is 0.815. The molecule has 1 fully saturated rings. The molecule has 1 amide bonds. The summed E-state index contributed by atoms with van der Waals surface area (Å²) in [6.07, 6.45) is 3.06. The van der Waals surface area contributed by atoms with E-state index in [1.54, 1.807) is 6.92 Å². The zero-order valence-electron chi connectivity index (χ0n) is 9.69. The second-order valence-corrected chi connectivity index (χ2v) is 4.57. The minimum absolute atomic E-state index is 0.00724. The van der Waals surface area contributed by atoms with Crippen LogP contribution in [0.3, 0.4) is 0 Å². The Bertz CT molecular complexity index is 464. The van der Waals surface area contributed by atoms with Gasteiger partial charge in [-0.2, -0.15) is 0 Å². The van der Waals surface area contributed by atoms with Crippen molar-refractivity contribution in [2.75, 3.05) is 0 Å². The van der Waals surface area contributed by atoms with Gasteiger partial charge in [-0.15, -0.1) is 0 Å². The summed E-state index contributed by atoms with van der Waals surface area (Å²) in [5.41, 5.74) is -0.637. The van der Waals surface area contributed by atoms with Gasteiger partial charge in [-0.3, -0.25) is 4.79 Å². The van der Waals surface area contributed by atoms with Gasteiger partial charge < -0.3 is 14.9 Å². The van der Waals surface area contributed by atoms with Crippen molar-refractivity contribution < 1.29 is 19.2 Å². The van der Waals surface area contributed by atoms with Gasteiger partial charge in [0.1, 0.15) is 5.54 Å². The number of aromatic nitrogens is 1. The van der Waals surface area contributed by atoms with E-state index in [0.29, 0.717) is 5.56 Å². The van der Waals surface area contributed by atoms with E-state index in [4.69, 9.17) is 4.52 Å². The number of carboxylic acids is 1. The molecule has 0 aliphatic heterocycles. The molecule has 0 spiro atoms. The van der Waals surface area contributed by atoms with Crippen LogP contribution in [0.2, 0.25) is 0 Å². The van der Waals surface area contributed by atoms with E-state index in [9.17, 15) is 14.7 Å². The highest BCUT2D eigenvalue weighted by Gasteiger charge is 2.49. The van der Waals surface area contributed by atoms with E-state index in [2.05, 4.69) is 10.5 Å². The van der Waals surface area contributed by atoms with Gasteiger partial charge in [-0.25, -0.2) is 4.79 Å². The van der Waals surface area contributed by atoms with Crippen molar-refractivity contribution in [1.82, 2.24) is 10.5 Å². The maximum absolute atomic E-state index is 11.9. The molecule has 2 rings (SSSR count). The van der Waals surface area contributed by atoms with Crippen LogP contribution in [-0.2, 0) is 4.79 Å². The first kappa shape index (κ1) is 11.6. The lowest BCUT2D eigenvalue weighted by molar-refractivity contribution is -0.144. The average molecular weight is 238 g/mol. The molecule has 0 bridgehead atoms. The van der Waals surface area contributed by atoms with Crippen LogP contribution in [0.4, 0.5) is 0 Å². The van der Waals surface area contributed by atoms with Crippen LogP contribution < -0.4 is 5.32 Å². The first-order valence-corrected chi connectivity index (χ1v) is 5.42. The molecule has 0 saturated heterocycles. The predicted octanol–water partition coefficient (Wildman–Crippen LogP) is 0.966. The molecule has 17 heavy (non-hydrogen) atoms. The smallest absolute Gasteiger partial charge is 0.329 e. The Balaban J connectivity index is 2.17. The molecule has 6 nitrogen and oxygen atoms in total. The Morgan fingerprint density at radius 1 is 1.59 bits per heavy atom. The predicted molar refractivity (Wildman–Crippen MR) is 57.5 cm³/mol. The summed E-state index contributed by atoms with van der Waals surface area (Å²) >= 11 is 0. The Morgan fingerprint density at radius 3 is 2.65 bits per heavy atom. The fraction of sp³-hybridized carbons (Fsp3) is 0.545. The number of aliphatic carboxylic acids is 1. The van der Waals surface area contributed by atoms with Gasteiger partial charge in [0.25, 0.3) is 5.91 Å². The highest BCUT2D eigenvalue weighted by molar-refractivity contribution is 5.96. The number of carbonyl (C=O) groups is 2. The van der Waals surface area contributed by atoms with Gasteiger partial charge in [-0.1, -0.05) is 5.16 Å². The van der Waals surface area contributed by atoms with Gasteiger partial charge >= 0.3 is 5.97 Å². The number of hydrogen-bond acceptors (Lipinski definition) is 4. The molecule has 1 aliphatic carbocycles. The second kappa shape index (κ2) is 3.87. The van der Waals surface area contributed by atoms with E-state index in [0.717, 1.165) is 12.8 Å². The fourth-order valence-corrected chi connectivity index (χ4v) is 1.79. The van der Waals surface area contributed by atoms with Crippen molar-refractivity contribution in [2.24, 2.45) is 5.92 Å². The van der Waals surface area contributed by atoms with Gasteiger partial charge in [-0.05, 0) is 32.6 Å². The number of nitrogens with zero attached hydrogens (tertiary/aromatic N) is 1. The van der Waals surface area contributed by atoms with Crippen LogP contribution in [0.5, 0.6) is 0 Å². The van der Waals surface area contributed by atoms with Gasteiger partial charge in [0.05, 0.1) is 6.20 Å². The van der Waals surface area contributed by atoms with E-state index in [-0.39, 0.29) is 11.7 Å². The minimum Gasteiger partial charge on any atom is -0.480 e. The molecule has 0 radical (unpaired) electrons. The first-order chi connectivity index (χ1) is 7.95. The molecule has 1 saturated carbocycles. The number of amides is 1. The lowest BCUT2D eigenvalue weighted by Gasteiger charge is -2.25. The monoisotopic (exact) mass is 238 g/mol. The second-order valence-electron chi connectivity index (χ2n) is 4.57. The largest absolute Gasteiger partial charge is 0.480 e. The zero-order valence-corrected chi connectivity index (χ0v) is 9.69. The van der Waals surface area contributed by atoms with Gasteiger partial charge in [0, 0.05) is 5.56 Å². The van der Waals surface area contributed by atoms with Crippen LogP contribution in [0.15, 0.2) is 10.7 Å². The summed E-state index contributed by atoms with van der Waals surface area (Å²) in [5, 5.41) is 15.2. The maximum atomic E-state index is 11.9. The molecule has 1 atom stereocenters. The highest BCUT2D eigenvalue weighted by atomic mass is 16.5. The van der Waals surface area contributed by atoms with Crippen LogP contribution in [0.1, 0.15) is 35.9 Å². The number of hydrogen-bond donors (Lipinski definition) is 2. The van der Waals surface area contributed by atoms with E-state index in [1.165, 1.54) is 13.1 Å². The molecule has 92 valence electrons. The molecule has 0 aromatic carbocycles. The lowest BCUT2D eigenvalue weighted by Crippen LogP contribution is -2.54. The SMILES string of the molecule is Cc1cnoc1C(=O)NC(C)(C(=O)O)C1CC1. The van der Waals surface area contributed by atoms with Crippen molar-refractivity contribution in [2.45, 2.75) is 32.2 Å². The number of rotatable bonds is 4. The molecule has 1 heterocycles. The summed E-state index contributed by atoms with van der Waals surface area (Å²) < 4.78 is 4.80. The van der Waals surface area contributed by atoms with E-state index >= 15 is 0 Å². The van der Waals surface area contributed by atoms with Crippen LogP contribution in [0.25, 0.3) is 0 Å². The Hall–Kier alpha value is -1.85. The number of aryl methyl sites for hydroxylation is 1. The van der Waals surface area contributed by atoms with Crippen LogP contribution >= 0.6 is 0 Å². The third kappa shape index (κ3) is 2.02. The molecular weight excluding hydrogens is 224 g/mol. The van der Waals surface area contributed by atoms with Crippen molar-refractivity contribution in [3.05, 3.63) is 17.5 Å². The Morgan fingerprint density at radius 2 is 2.24 bits per heavy atom. The standard InChI is InChI=1S/C11H14N2O4/c1-6-5-12-17-8(6)9(14)13-11(2,10(15)16)7-3-4-7/h5,7H,3-4H2,1-2H3,(H,13,14)(H,15,16). The topological polar surface area (TPSA) is 92.4 Å². The average Bonchev–Trinajstić information content (AvgIpc) is 3.01. The Kier molecular flexibility index (Phi) is 2.65. The number of carboxylic acid groups (broad SMARTS) is 1. The summed E-state index contributed by atoms with van der Waals surface area (Å²) in [6, 6.07) is 0. The Labute approximate surface area is 98.0 Å². The molecule has 1 aromatic rings. The minimum atomic E-state index is -1.23. The molecule has 1 aliphatic rings. The fourth-order valence-electron chi connectivity index (χ4n) is 1.79. The van der Waals surface area contributed by atoms with Crippen molar-refractivity contribution >= 4 is 11.9 Å². The lowest BCUT2D eigenvalue weighted by atomic mass is 9.95. The summed E-state index contributed by atoms with van der Waals surface area (Å²) in [7, 11) is 0. The zero-order chi connectivity index (χ0) is 12.6. The molecular formula is C11H14N2O4. The van der Waals surface area contributed by atoms with Gasteiger partial charge in [0.15, 0.2) is 0 Å². The summed E-state index contributed by atoms with van der Waals surface area (Å²) in [4.78, 5) is 23.1. The normalized spacial score (nSPS) is 18.5. The summed E-state index contributed by atoms with van der Waals surface area (Å²) in [6.45, 7) is 3.21. The molecule has 2 N–H and O–H groups in total. The van der Waals surface area contributed by atoms with Crippen molar-refractivity contribution in [3.63, 3.8) is 0 Å². The maximum Gasteiger partial charge on any atom is 0.329 e. The number of carbonyl (C=O) groups excluding carboxylic acids is 1. The van der Waals surface area contributed by atoms with E-state index < -0.39 is 17.4 Å². The van der Waals surface area contributed by atoms with Crippen LogP contribution in [0, 0.1) is 12.8 Å². The van der Waals surface area contributed by atoms with Gasteiger partial charge in [0.2, 0.25) is 5.76 Å². The van der Waals surface area contributed by atoms with Crippen molar-refractivity contribution in [3.8, 4) is 0 Å². The summed E-state index contributed by atoms with van der Waals surface area (Å²) in [5.74, 6) is -1.49. The van der Waals surface area contributed by atoms with Crippen molar-refractivity contribution in [1.29, 1.82) is 0 Å². The first-order valence-electron chi connectivity index (χ1n) is 5.42. The highest BCUT2D eigenvalue weighted by Crippen LogP contribution is 2.39. The van der Waals surface area contributed by atoms with Crippen LogP contribution in [-0.4, -0.2) is 27.7 Å². The molecule has 1 aromatic heterocycles.